The van der Waals surface area contributed by atoms with Crippen molar-refractivity contribution in [2.45, 2.75) is 19.9 Å². The summed E-state index contributed by atoms with van der Waals surface area (Å²) < 4.78 is 10.6. The highest BCUT2D eigenvalue weighted by Gasteiger charge is 2.08. The van der Waals surface area contributed by atoms with Crippen LogP contribution in [0.2, 0.25) is 0 Å². The first kappa shape index (κ1) is 10.9. The Hall–Kier alpha value is -1.22. The fourth-order valence-electron chi connectivity index (χ4n) is 1.32. The molecule has 0 spiro atoms. The minimum absolute atomic E-state index is 0.0272. The van der Waals surface area contributed by atoms with E-state index in [1.54, 1.807) is 7.11 Å². The van der Waals surface area contributed by atoms with Gasteiger partial charge in [0.2, 0.25) is 0 Å². The molecule has 1 aromatic carbocycles. The molecule has 0 saturated carbocycles. The maximum atomic E-state index is 5.79. The Balaban J connectivity index is 2.99. The highest BCUT2D eigenvalue weighted by Crippen LogP contribution is 2.28. The van der Waals surface area contributed by atoms with Gasteiger partial charge in [-0.05, 0) is 19.9 Å². The fraction of sp³-hybridized carbons (Fsp3) is 0.455. The molecule has 0 bridgehead atoms. The number of hydrogen-bond acceptors (Lipinski definition) is 3. The Morgan fingerprint density at radius 1 is 1.43 bits per heavy atom. The van der Waals surface area contributed by atoms with Crippen LogP contribution in [0, 0.1) is 0 Å². The van der Waals surface area contributed by atoms with Crippen LogP contribution in [0.15, 0.2) is 18.2 Å². The Kier molecular flexibility index (Phi) is 3.77. The van der Waals surface area contributed by atoms with Gasteiger partial charge < -0.3 is 15.2 Å². The minimum Gasteiger partial charge on any atom is -0.496 e. The van der Waals surface area contributed by atoms with E-state index in [2.05, 4.69) is 0 Å². The molecule has 78 valence electrons. The first-order valence-corrected chi connectivity index (χ1v) is 4.75. The molecule has 0 fully saturated rings. The summed E-state index contributed by atoms with van der Waals surface area (Å²) in [6.07, 6.45) is 0. The minimum atomic E-state index is -0.0272. The maximum Gasteiger partial charge on any atom is 0.127 e. The number of hydrogen-bond donors (Lipinski definition) is 1. The molecule has 0 heterocycles. The van der Waals surface area contributed by atoms with E-state index >= 15 is 0 Å². The quantitative estimate of drug-likeness (QED) is 0.800. The number of nitrogens with two attached hydrogens (primary N) is 1. The van der Waals surface area contributed by atoms with E-state index in [4.69, 9.17) is 15.2 Å². The summed E-state index contributed by atoms with van der Waals surface area (Å²) in [6, 6.07) is 5.68. The monoisotopic (exact) mass is 195 g/mol. The van der Waals surface area contributed by atoms with Crippen molar-refractivity contribution in [1.29, 1.82) is 0 Å². The zero-order chi connectivity index (χ0) is 10.6. The first-order chi connectivity index (χ1) is 6.69. The van der Waals surface area contributed by atoms with Gasteiger partial charge in [-0.15, -0.1) is 0 Å². The van der Waals surface area contributed by atoms with Gasteiger partial charge in [0, 0.05) is 17.7 Å². The van der Waals surface area contributed by atoms with Crippen LogP contribution in [0.25, 0.3) is 0 Å². The van der Waals surface area contributed by atoms with Gasteiger partial charge in [-0.25, -0.2) is 0 Å². The lowest BCUT2D eigenvalue weighted by molar-refractivity contribution is 0.335. The smallest absolute Gasteiger partial charge is 0.127 e. The lowest BCUT2D eigenvalue weighted by Gasteiger charge is -2.13. The van der Waals surface area contributed by atoms with Crippen LogP contribution < -0.4 is 15.2 Å². The molecule has 1 atom stereocenters. The molecule has 0 aliphatic heterocycles. The number of methoxy groups -OCH3 is 1. The molecule has 0 aliphatic rings. The second kappa shape index (κ2) is 4.86. The summed E-state index contributed by atoms with van der Waals surface area (Å²) in [5.74, 6) is 1.60. The summed E-state index contributed by atoms with van der Waals surface area (Å²) in [5.41, 5.74) is 6.79. The zero-order valence-corrected chi connectivity index (χ0v) is 8.91. The Bertz CT molecular complexity index is 297. The second-order valence-electron chi connectivity index (χ2n) is 3.13. The third-order valence-corrected chi connectivity index (χ3v) is 2.01. The van der Waals surface area contributed by atoms with Gasteiger partial charge in [-0.1, -0.05) is 6.07 Å². The molecule has 1 aromatic rings. The first-order valence-electron chi connectivity index (χ1n) is 4.75. The van der Waals surface area contributed by atoms with E-state index in [1.165, 1.54) is 0 Å². The number of benzene rings is 1. The van der Waals surface area contributed by atoms with Crippen LogP contribution >= 0.6 is 0 Å². The molecule has 3 nitrogen and oxygen atoms in total. The lowest BCUT2D eigenvalue weighted by atomic mass is 10.1. The predicted molar refractivity (Wildman–Crippen MR) is 56.8 cm³/mol. The SMILES string of the molecule is CCOc1ccc([C@@H](C)N)c(OC)c1. The van der Waals surface area contributed by atoms with Crippen LogP contribution in [0.3, 0.4) is 0 Å². The summed E-state index contributed by atoms with van der Waals surface area (Å²) >= 11 is 0. The van der Waals surface area contributed by atoms with Gasteiger partial charge in [0.1, 0.15) is 11.5 Å². The van der Waals surface area contributed by atoms with E-state index in [0.717, 1.165) is 17.1 Å². The molecular weight excluding hydrogens is 178 g/mol. The van der Waals surface area contributed by atoms with Crippen molar-refractivity contribution in [2.24, 2.45) is 5.73 Å². The Labute approximate surface area is 84.8 Å². The van der Waals surface area contributed by atoms with E-state index in [-0.39, 0.29) is 6.04 Å². The fourth-order valence-corrected chi connectivity index (χ4v) is 1.32. The van der Waals surface area contributed by atoms with Gasteiger partial charge in [0.05, 0.1) is 13.7 Å². The summed E-state index contributed by atoms with van der Waals surface area (Å²) in [6.45, 7) is 4.53. The van der Waals surface area contributed by atoms with Crippen molar-refractivity contribution in [3.8, 4) is 11.5 Å². The standard InChI is InChI=1S/C11H17NO2/c1-4-14-9-5-6-10(8(2)12)11(7-9)13-3/h5-8H,4,12H2,1-3H3/t8-/m1/s1. The van der Waals surface area contributed by atoms with Crippen LogP contribution in [-0.2, 0) is 0 Å². The van der Waals surface area contributed by atoms with E-state index in [1.807, 2.05) is 32.0 Å². The van der Waals surface area contributed by atoms with Gasteiger partial charge in [-0.2, -0.15) is 0 Å². The molecule has 1 rings (SSSR count). The maximum absolute atomic E-state index is 5.79. The average Bonchev–Trinajstić information content (AvgIpc) is 2.17. The molecule has 0 amide bonds. The molecule has 0 aliphatic carbocycles. The van der Waals surface area contributed by atoms with Crippen molar-refractivity contribution in [3.05, 3.63) is 23.8 Å². The highest BCUT2D eigenvalue weighted by atomic mass is 16.5. The Morgan fingerprint density at radius 3 is 2.64 bits per heavy atom. The van der Waals surface area contributed by atoms with Crippen LogP contribution in [0.1, 0.15) is 25.5 Å². The number of ether oxygens (including phenoxy) is 2. The average molecular weight is 195 g/mol. The van der Waals surface area contributed by atoms with E-state index in [0.29, 0.717) is 6.61 Å². The third kappa shape index (κ3) is 2.39. The van der Waals surface area contributed by atoms with Crippen molar-refractivity contribution in [2.75, 3.05) is 13.7 Å². The molecular formula is C11H17NO2. The third-order valence-electron chi connectivity index (χ3n) is 2.01. The van der Waals surface area contributed by atoms with Crippen molar-refractivity contribution in [3.63, 3.8) is 0 Å². The molecule has 0 radical (unpaired) electrons. The van der Waals surface area contributed by atoms with Gasteiger partial charge in [0.15, 0.2) is 0 Å². The summed E-state index contributed by atoms with van der Waals surface area (Å²) in [5, 5.41) is 0. The van der Waals surface area contributed by atoms with Crippen molar-refractivity contribution in [1.82, 2.24) is 0 Å². The van der Waals surface area contributed by atoms with E-state index < -0.39 is 0 Å². The largest absolute Gasteiger partial charge is 0.496 e. The molecule has 3 heteroatoms. The van der Waals surface area contributed by atoms with Gasteiger partial charge in [-0.3, -0.25) is 0 Å². The van der Waals surface area contributed by atoms with E-state index in [9.17, 15) is 0 Å². The van der Waals surface area contributed by atoms with Crippen molar-refractivity contribution >= 4 is 0 Å². The topological polar surface area (TPSA) is 44.5 Å². The second-order valence-corrected chi connectivity index (χ2v) is 3.13. The van der Waals surface area contributed by atoms with Crippen LogP contribution in [0.5, 0.6) is 11.5 Å². The molecule has 14 heavy (non-hydrogen) atoms. The van der Waals surface area contributed by atoms with Crippen molar-refractivity contribution < 1.29 is 9.47 Å². The summed E-state index contributed by atoms with van der Waals surface area (Å²) in [4.78, 5) is 0. The molecule has 0 aromatic heterocycles. The zero-order valence-electron chi connectivity index (χ0n) is 8.91. The normalized spacial score (nSPS) is 12.3. The molecule has 0 unspecified atom stereocenters. The molecule has 0 saturated heterocycles. The lowest BCUT2D eigenvalue weighted by Crippen LogP contribution is -2.07. The van der Waals surface area contributed by atoms with Crippen LogP contribution in [0.4, 0.5) is 0 Å². The summed E-state index contributed by atoms with van der Waals surface area (Å²) in [7, 11) is 1.64. The van der Waals surface area contributed by atoms with Gasteiger partial charge >= 0.3 is 0 Å². The number of rotatable bonds is 4. The molecule has 2 N–H and O–H groups in total. The Morgan fingerprint density at radius 2 is 2.14 bits per heavy atom. The van der Waals surface area contributed by atoms with Crippen LogP contribution in [-0.4, -0.2) is 13.7 Å². The highest BCUT2D eigenvalue weighted by molar-refractivity contribution is 5.42. The predicted octanol–water partition coefficient (Wildman–Crippen LogP) is 2.11. The van der Waals surface area contributed by atoms with Gasteiger partial charge in [0.25, 0.3) is 0 Å².